The number of amides is 2. The first-order chi connectivity index (χ1) is 14.0. The van der Waals surface area contributed by atoms with Gasteiger partial charge in [-0.3, -0.25) is 9.59 Å². The van der Waals surface area contributed by atoms with Gasteiger partial charge in [0.2, 0.25) is 11.8 Å². The Labute approximate surface area is 172 Å². The molecule has 1 aromatic rings. The lowest BCUT2D eigenvalue weighted by molar-refractivity contribution is -0.143. The van der Waals surface area contributed by atoms with Crippen molar-refractivity contribution in [2.75, 3.05) is 45.6 Å². The van der Waals surface area contributed by atoms with E-state index in [4.69, 9.17) is 9.97 Å². The number of piperidine rings is 1. The lowest BCUT2D eigenvalue weighted by atomic mass is 9.94. The molecule has 2 saturated heterocycles. The molecular weight excluding hydrogens is 368 g/mol. The van der Waals surface area contributed by atoms with Crippen molar-refractivity contribution in [1.82, 2.24) is 24.7 Å². The summed E-state index contributed by atoms with van der Waals surface area (Å²) < 4.78 is 0. The van der Waals surface area contributed by atoms with Crippen molar-refractivity contribution in [3.8, 4) is 0 Å². The van der Waals surface area contributed by atoms with E-state index in [2.05, 4.69) is 17.3 Å². The minimum absolute atomic E-state index is 0.0718. The van der Waals surface area contributed by atoms with Crippen LogP contribution in [-0.2, 0) is 22.6 Å². The summed E-state index contributed by atoms with van der Waals surface area (Å²) >= 11 is 0. The van der Waals surface area contributed by atoms with Crippen LogP contribution in [0.4, 0.5) is 5.82 Å². The number of carbonyl (C=O) groups is 2. The maximum absolute atomic E-state index is 12.9. The lowest BCUT2D eigenvalue weighted by Crippen LogP contribution is -2.49. The minimum Gasteiger partial charge on any atom is -0.373 e. The number of hydrogen-bond acceptors (Lipinski definition) is 6. The summed E-state index contributed by atoms with van der Waals surface area (Å²) in [5.41, 5.74) is 2.37. The van der Waals surface area contributed by atoms with Crippen molar-refractivity contribution in [3.63, 3.8) is 0 Å². The molecule has 0 spiro atoms. The number of fused-ring (bicyclic) bond motifs is 1. The van der Waals surface area contributed by atoms with Gasteiger partial charge in [0.25, 0.3) is 0 Å². The van der Waals surface area contributed by atoms with E-state index in [0.29, 0.717) is 26.1 Å². The highest BCUT2D eigenvalue weighted by atomic mass is 16.2. The molecule has 0 aliphatic carbocycles. The molecule has 1 N–H and O–H groups in total. The van der Waals surface area contributed by atoms with Gasteiger partial charge in [-0.25, -0.2) is 9.97 Å². The molecule has 0 radical (unpaired) electrons. The van der Waals surface area contributed by atoms with Crippen molar-refractivity contribution in [3.05, 3.63) is 17.1 Å². The zero-order valence-corrected chi connectivity index (χ0v) is 17.8. The predicted molar refractivity (Wildman–Crippen MR) is 111 cm³/mol. The average Bonchev–Trinajstić information content (AvgIpc) is 3.17. The van der Waals surface area contributed by atoms with Crippen molar-refractivity contribution < 1.29 is 9.59 Å². The Morgan fingerprint density at radius 3 is 2.55 bits per heavy atom. The predicted octanol–water partition coefficient (Wildman–Crippen LogP) is 1.22. The number of nitrogens with zero attached hydrogens (tertiary/aromatic N) is 5. The van der Waals surface area contributed by atoms with Gasteiger partial charge in [-0.15, -0.1) is 0 Å². The minimum atomic E-state index is -0.354. The van der Waals surface area contributed by atoms with Gasteiger partial charge in [0.15, 0.2) is 0 Å². The van der Waals surface area contributed by atoms with Crippen molar-refractivity contribution in [2.24, 2.45) is 0 Å². The highest BCUT2D eigenvalue weighted by Gasteiger charge is 2.34. The summed E-state index contributed by atoms with van der Waals surface area (Å²) in [5, 5.41) is 3.26. The summed E-state index contributed by atoms with van der Waals surface area (Å²) in [6.07, 6.45) is 4.13. The summed E-state index contributed by atoms with van der Waals surface area (Å²) in [4.78, 5) is 40.6. The van der Waals surface area contributed by atoms with Gasteiger partial charge in [-0.1, -0.05) is 0 Å². The number of rotatable bonds is 4. The molecule has 0 bridgehead atoms. The van der Waals surface area contributed by atoms with Gasteiger partial charge in [-0.2, -0.15) is 0 Å². The number of carbonyl (C=O) groups excluding carboxylic acids is 2. The van der Waals surface area contributed by atoms with E-state index < -0.39 is 0 Å². The Hall–Kier alpha value is -2.22. The molecule has 0 saturated carbocycles. The molecule has 2 amide bonds. The Balaban J connectivity index is 1.42. The summed E-state index contributed by atoms with van der Waals surface area (Å²) in [6.45, 7) is 5.85. The number of aromatic nitrogens is 2. The van der Waals surface area contributed by atoms with Crippen LogP contribution in [-0.4, -0.2) is 82.8 Å². The lowest BCUT2D eigenvalue weighted by Gasteiger charge is -2.35. The molecule has 1 atom stereocenters. The first kappa shape index (κ1) is 20.1. The van der Waals surface area contributed by atoms with Gasteiger partial charge < -0.3 is 20.0 Å². The SMILES string of the molecule is CNc1nc(C2CCN(C(=O)C(C)N3CCCC3=O)CC2)nc2c1CCN(C)C2. The topological polar surface area (TPSA) is 81.7 Å². The molecule has 8 heteroatoms. The number of likely N-dealkylation sites (N-methyl/N-ethyl adjacent to an activating group) is 1. The number of likely N-dealkylation sites (tertiary alicyclic amines) is 2. The maximum Gasteiger partial charge on any atom is 0.245 e. The fraction of sp³-hybridized carbons (Fsp3) is 0.714. The highest BCUT2D eigenvalue weighted by molar-refractivity contribution is 5.88. The van der Waals surface area contributed by atoms with Gasteiger partial charge in [0.05, 0.1) is 5.69 Å². The largest absolute Gasteiger partial charge is 0.373 e. The van der Waals surface area contributed by atoms with Crippen LogP contribution in [0.25, 0.3) is 0 Å². The fourth-order valence-corrected chi connectivity index (χ4v) is 4.80. The van der Waals surface area contributed by atoms with Crippen LogP contribution in [0, 0.1) is 0 Å². The normalized spacial score (nSPS) is 22.0. The van der Waals surface area contributed by atoms with Crippen LogP contribution >= 0.6 is 0 Å². The number of hydrogen-bond donors (Lipinski definition) is 1. The summed E-state index contributed by atoms with van der Waals surface area (Å²) in [7, 11) is 4.05. The van der Waals surface area contributed by atoms with Gasteiger partial charge >= 0.3 is 0 Å². The van der Waals surface area contributed by atoms with Crippen molar-refractivity contribution >= 4 is 17.6 Å². The van der Waals surface area contributed by atoms with Gasteiger partial charge in [0.1, 0.15) is 17.7 Å². The molecule has 29 heavy (non-hydrogen) atoms. The average molecular weight is 401 g/mol. The zero-order chi connectivity index (χ0) is 20.5. The molecule has 4 heterocycles. The molecule has 158 valence electrons. The number of nitrogens with one attached hydrogen (secondary N) is 1. The molecule has 4 rings (SSSR count). The second-order valence-corrected chi connectivity index (χ2v) is 8.56. The molecule has 3 aliphatic rings. The molecule has 8 nitrogen and oxygen atoms in total. The van der Waals surface area contributed by atoms with Crippen LogP contribution in [0.1, 0.15) is 55.6 Å². The first-order valence-corrected chi connectivity index (χ1v) is 10.8. The van der Waals surface area contributed by atoms with Crippen LogP contribution < -0.4 is 5.32 Å². The monoisotopic (exact) mass is 400 g/mol. The molecular formula is C21H32N6O2. The first-order valence-electron chi connectivity index (χ1n) is 10.8. The standard InChI is InChI=1S/C21H32N6O2/c1-14(27-9-4-5-18(27)28)21(29)26-11-6-15(7-12-26)19-23-17-13-25(3)10-8-16(17)20(22-2)24-19/h14-15H,4-13H2,1-3H3,(H,22,23,24). The van der Waals surface area contributed by atoms with Crippen LogP contribution in [0.3, 0.4) is 0 Å². The Bertz CT molecular complexity index is 790. The Morgan fingerprint density at radius 2 is 1.90 bits per heavy atom. The van der Waals surface area contributed by atoms with Gasteiger partial charge in [-0.05, 0) is 39.7 Å². The molecule has 3 aliphatic heterocycles. The third-order valence-electron chi connectivity index (χ3n) is 6.62. The van der Waals surface area contributed by atoms with Crippen LogP contribution in [0.2, 0.25) is 0 Å². The molecule has 1 unspecified atom stereocenters. The molecule has 0 aromatic carbocycles. The van der Waals surface area contributed by atoms with Gasteiger partial charge in [0, 0.05) is 57.7 Å². The number of anilines is 1. The second kappa shape index (κ2) is 8.26. The van der Waals surface area contributed by atoms with E-state index >= 15 is 0 Å². The Morgan fingerprint density at radius 1 is 1.14 bits per heavy atom. The Kier molecular flexibility index (Phi) is 5.72. The summed E-state index contributed by atoms with van der Waals surface area (Å²) in [6, 6.07) is -0.354. The van der Waals surface area contributed by atoms with E-state index in [1.165, 1.54) is 5.56 Å². The third kappa shape index (κ3) is 3.95. The highest BCUT2D eigenvalue weighted by Crippen LogP contribution is 2.30. The maximum atomic E-state index is 12.9. The molecule has 2 fully saturated rings. The molecule has 1 aromatic heterocycles. The van der Waals surface area contributed by atoms with E-state index in [9.17, 15) is 9.59 Å². The van der Waals surface area contributed by atoms with Crippen LogP contribution in [0.15, 0.2) is 0 Å². The van der Waals surface area contributed by atoms with E-state index in [0.717, 1.165) is 56.1 Å². The van der Waals surface area contributed by atoms with Crippen LogP contribution in [0.5, 0.6) is 0 Å². The quantitative estimate of drug-likeness (QED) is 0.819. The fourth-order valence-electron chi connectivity index (χ4n) is 4.80. The summed E-state index contributed by atoms with van der Waals surface area (Å²) in [5.74, 6) is 2.30. The smallest absolute Gasteiger partial charge is 0.245 e. The zero-order valence-electron chi connectivity index (χ0n) is 17.8. The second-order valence-electron chi connectivity index (χ2n) is 8.56. The third-order valence-corrected chi connectivity index (χ3v) is 6.62. The van der Waals surface area contributed by atoms with Crippen molar-refractivity contribution in [1.29, 1.82) is 0 Å². The van der Waals surface area contributed by atoms with E-state index in [-0.39, 0.29) is 23.8 Å². The van der Waals surface area contributed by atoms with E-state index in [1.807, 2.05) is 18.9 Å². The van der Waals surface area contributed by atoms with E-state index in [1.54, 1.807) is 4.90 Å². The van der Waals surface area contributed by atoms with Crippen molar-refractivity contribution in [2.45, 2.75) is 57.5 Å².